The van der Waals surface area contributed by atoms with Crippen LogP contribution in [0.15, 0.2) is 36.5 Å². The SMILES string of the molecule is CCCCC#Cc1c2ccccc2cc[n+]1N.CS(=O)(=O)[O-]. The van der Waals surface area contributed by atoms with E-state index in [2.05, 4.69) is 30.9 Å². The van der Waals surface area contributed by atoms with Gasteiger partial charge in [0.1, 0.15) is 0 Å². The molecule has 0 saturated carbocycles. The lowest BCUT2D eigenvalue weighted by Gasteiger charge is -1.97. The number of nitrogen functional groups attached to an aromatic ring is 1. The van der Waals surface area contributed by atoms with Crippen molar-refractivity contribution >= 4 is 20.9 Å². The summed E-state index contributed by atoms with van der Waals surface area (Å²) in [5.41, 5.74) is 0.888. The first-order valence-electron chi connectivity index (χ1n) is 6.91. The molecule has 2 aromatic rings. The molecular formula is C16H20N2O3S. The Morgan fingerprint density at radius 2 is 1.91 bits per heavy atom. The normalized spacial score (nSPS) is 10.3. The van der Waals surface area contributed by atoms with Crippen LogP contribution in [0, 0.1) is 11.8 Å². The van der Waals surface area contributed by atoms with Gasteiger partial charge in [-0.1, -0.05) is 42.1 Å². The van der Waals surface area contributed by atoms with E-state index in [4.69, 9.17) is 18.8 Å². The van der Waals surface area contributed by atoms with Gasteiger partial charge in [-0.3, -0.25) is 0 Å². The molecule has 5 nitrogen and oxygen atoms in total. The molecule has 0 unspecified atom stereocenters. The monoisotopic (exact) mass is 320 g/mol. The third kappa shape index (κ3) is 6.57. The maximum absolute atomic E-state index is 9.08. The maximum Gasteiger partial charge on any atom is 0.293 e. The first-order chi connectivity index (χ1) is 10.3. The smallest absolute Gasteiger partial charge is 0.293 e. The zero-order chi connectivity index (χ0) is 16.6. The van der Waals surface area contributed by atoms with Crippen LogP contribution < -0.4 is 10.5 Å². The molecule has 0 radical (unpaired) electrons. The van der Waals surface area contributed by atoms with Crippen molar-refractivity contribution in [1.82, 2.24) is 0 Å². The largest absolute Gasteiger partial charge is 0.748 e. The molecule has 1 aromatic carbocycles. The van der Waals surface area contributed by atoms with E-state index in [0.717, 1.165) is 23.9 Å². The van der Waals surface area contributed by atoms with Gasteiger partial charge < -0.3 is 4.55 Å². The van der Waals surface area contributed by atoms with Crippen molar-refractivity contribution in [2.24, 2.45) is 0 Å². The molecular weight excluding hydrogens is 300 g/mol. The Balaban J connectivity index is 0.000000422. The second kappa shape index (κ2) is 8.37. The molecule has 2 rings (SSSR count). The summed E-state index contributed by atoms with van der Waals surface area (Å²) in [5.74, 6) is 12.3. The first-order valence-corrected chi connectivity index (χ1v) is 8.72. The van der Waals surface area contributed by atoms with Crippen molar-refractivity contribution in [3.8, 4) is 11.8 Å². The van der Waals surface area contributed by atoms with E-state index in [9.17, 15) is 0 Å². The van der Waals surface area contributed by atoms with Crippen molar-refractivity contribution in [3.63, 3.8) is 0 Å². The summed E-state index contributed by atoms with van der Waals surface area (Å²) in [6.07, 6.45) is 5.70. The van der Waals surface area contributed by atoms with Gasteiger partial charge in [-0.2, -0.15) is 0 Å². The number of unbranched alkanes of at least 4 members (excludes halogenated alkanes) is 2. The van der Waals surface area contributed by atoms with Crippen LogP contribution in [0.3, 0.4) is 0 Å². The Labute approximate surface area is 131 Å². The van der Waals surface area contributed by atoms with E-state index in [1.54, 1.807) is 4.68 Å². The summed E-state index contributed by atoms with van der Waals surface area (Å²) in [6.45, 7) is 2.17. The van der Waals surface area contributed by atoms with Gasteiger partial charge in [0.2, 0.25) is 6.20 Å². The van der Waals surface area contributed by atoms with Crippen LogP contribution >= 0.6 is 0 Å². The van der Waals surface area contributed by atoms with Gasteiger partial charge in [0, 0.05) is 24.7 Å². The molecule has 118 valence electrons. The average molecular weight is 320 g/mol. The molecule has 0 aliphatic carbocycles. The summed E-state index contributed by atoms with van der Waals surface area (Å²) in [6, 6.07) is 10.2. The predicted octanol–water partition coefficient (Wildman–Crippen LogP) is 1.54. The molecule has 6 heteroatoms. The number of fused-ring (bicyclic) bond motifs is 1. The standard InChI is InChI=1S/C15H17N2.CH4O3S/c1-2-3-4-5-10-15-14-9-7-6-8-13(14)11-12-17(15)16;1-5(2,3)4/h6-9,11-12H,2-4,16H2,1H3;1H3,(H,2,3,4)/q+1;/p-1. The van der Waals surface area contributed by atoms with Gasteiger partial charge in [-0.15, -0.1) is 0 Å². The highest BCUT2D eigenvalue weighted by Gasteiger charge is 2.09. The molecule has 0 saturated heterocycles. The minimum atomic E-state index is -3.92. The molecule has 1 heterocycles. The number of hydrogen-bond donors (Lipinski definition) is 1. The lowest BCUT2D eigenvalue weighted by atomic mass is 10.1. The number of pyridine rings is 1. The van der Waals surface area contributed by atoms with Crippen LogP contribution in [0.2, 0.25) is 0 Å². The fraction of sp³-hybridized carbons (Fsp3) is 0.312. The van der Waals surface area contributed by atoms with E-state index in [1.165, 1.54) is 11.8 Å². The zero-order valence-electron chi connectivity index (χ0n) is 12.7. The highest BCUT2D eigenvalue weighted by molar-refractivity contribution is 7.84. The number of aromatic nitrogens is 1. The second-order valence-electron chi connectivity index (χ2n) is 4.77. The van der Waals surface area contributed by atoms with Gasteiger partial charge >= 0.3 is 0 Å². The third-order valence-corrected chi connectivity index (χ3v) is 2.75. The number of rotatable bonds is 2. The summed E-state index contributed by atoms with van der Waals surface area (Å²) in [7, 11) is -3.92. The summed E-state index contributed by atoms with van der Waals surface area (Å²) in [5, 5.41) is 2.29. The Morgan fingerprint density at radius 1 is 1.27 bits per heavy atom. The quantitative estimate of drug-likeness (QED) is 0.299. The highest BCUT2D eigenvalue weighted by atomic mass is 32.2. The third-order valence-electron chi connectivity index (χ3n) is 2.75. The van der Waals surface area contributed by atoms with Crippen LogP contribution in [0.25, 0.3) is 10.8 Å². The number of benzene rings is 1. The first kappa shape index (κ1) is 18.0. The van der Waals surface area contributed by atoms with Crippen molar-refractivity contribution in [2.75, 3.05) is 12.1 Å². The summed E-state index contributed by atoms with van der Waals surface area (Å²) in [4.78, 5) is 0. The van der Waals surface area contributed by atoms with Gasteiger partial charge in [0.25, 0.3) is 5.69 Å². The van der Waals surface area contributed by atoms with Gasteiger partial charge in [-0.25, -0.2) is 14.3 Å². The molecule has 0 spiro atoms. The van der Waals surface area contributed by atoms with Crippen molar-refractivity contribution in [3.05, 3.63) is 42.2 Å². The Kier molecular flexibility index (Phi) is 6.83. The van der Waals surface area contributed by atoms with Crippen molar-refractivity contribution in [2.45, 2.75) is 26.2 Å². The van der Waals surface area contributed by atoms with Crippen LogP contribution in [0.4, 0.5) is 0 Å². The Bertz CT molecular complexity index is 782. The maximum atomic E-state index is 9.08. The fourth-order valence-corrected chi connectivity index (χ4v) is 1.78. The Hall–Kier alpha value is -2.10. The number of nitrogens with zero attached hydrogens (tertiary/aromatic N) is 1. The molecule has 0 amide bonds. The van der Waals surface area contributed by atoms with Crippen molar-refractivity contribution in [1.29, 1.82) is 0 Å². The predicted molar refractivity (Wildman–Crippen MR) is 86.3 cm³/mol. The van der Waals surface area contributed by atoms with Crippen LogP contribution in [-0.4, -0.2) is 19.2 Å². The molecule has 2 N–H and O–H groups in total. The van der Waals surface area contributed by atoms with E-state index in [1.807, 2.05) is 24.4 Å². The fourth-order valence-electron chi connectivity index (χ4n) is 1.78. The van der Waals surface area contributed by atoms with E-state index in [-0.39, 0.29) is 0 Å². The van der Waals surface area contributed by atoms with Crippen LogP contribution in [0.5, 0.6) is 0 Å². The van der Waals surface area contributed by atoms with E-state index >= 15 is 0 Å². The Morgan fingerprint density at radius 3 is 2.55 bits per heavy atom. The number of hydrogen-bond acceptors (Lipinski definition) is 4. The number of nitrogens with two attached hydrogens (primary N) is 1. The summed E-state index contributed by atoms with van der Waals surface area (Å²) < 4.78 is 28.8. The van der Waals surface area contributed by atoms with Gasteiger partial charge in [0.05, 0.1) is 15.5 Å². The molecule has 0 bridgehead atoms. The topological polar surface area (TPSA) is 87.1 Å². The molecule has 0 aliphatic heterocycles. The zero-order valence-corrected chi connectivity index (χ0v) is 13.6. The lowest BCUT2D eigenvalue weighted by Crippen LogP contribution is -2.47. The minimum absolute atomic E-state index is 0.604. The van der Waals surface area contributed by atoms with E-state index in [0.29, 0.717) is 6.26 Å². The molecule has 0 fully saturated rings. The summed E-state index contributed by atoms with van der Waals surface area (Å²) >= 11 is 0. The molecule has 1 aromatic heterocycles. The minimum Gasteiger partial charge on any atom is -0.748 e. The average Bonchev–Trinajstić information content (AvgIpc) is 2.44. The van der Waals surface area contributed by atoms with Crippen molar-refractivity contribution < 1.29 is 17.6 Å². The molecule has 0 atom stereocenters. The van der Waals surface area contributed by atoms with Gasteiger partial charge in [0.15, 0.2) is 0 Å². The van der Waals surface area contributed by atoms with Crippen LogP contribution in [-0.2, 0) is 10.1 Å². The molecule has 0 aliphatic rings. The lowest BCUT2D eigenvalue weighted by molar-refractivity contribution is -0.640. The molecule has 22 heavy (non-hydrogen) atoms. The van der Waals surface area contributed by atoms with E-state index < -0.39 is 10.1 Å². The van der Waals surface area contributed by atoms with Crippen LogP contribution in [0.1, 0.15) is 31.9 Å². The second-order valence-corrected chi connectivity index (χ2v) is 6.18. The van der Waals surface area contributed by atoms with Gasteiger partial charge in [-0.05, 0) is 17.9 Å². The highest BCUT2D eigenvalue weighted by Crippen LogP contribution is 2.13.